The largest absolute Gasteiger partial charge is 0.396 e. The van der Waals surface area contributed by atoms with Gasteiger partial charge in [-0.1, -0.05) is 42.5 Å². The van der Waals surface area contributed by atoms with Gasteiger partial charge in [-0.15, -0.1) is 0 Å². The van der Waals surface area contributed by atoms with Gasteiger partial charge in [0.1, 0.15) is 0 Å². The minimum atomic E-state index is 0.0788. The number of aliphatic hydroxyl groups is 1. The average Bonchev–Trinajstić information content (AvgIpc) is 3.38. The van der Waals surface area contributed by atoms with Crippen LogP contribution in [0.3, 0.4) is 0 Å². The van der Waals surface area contributed by atoms with Crippen LogP contribution in [-0.2, 0) is 0 Å². The summed E-state index contributed by atoms with van der Waals surface area (Å²) in [6.07, 6.45) is 2.54. The maximum atomic E-state index is 13.1. The molecule has 0 radical (unpaired) electrons. The van der Waals surface area contributed by atoms with E-state index in [1.165, 1.54) is 12.8 Å². The van der Waals surface area contributed by atoms with Crippen molar-refractivity contribution in [2.75, 3.05) is 39.3 Å². The molecule has 0 bridgehead atoms. The van der Waals surface area contributed by atoms with Crippen molar-refractivity contribution < 1.29 is 9.90 Å². The van der Waals surface area contributed by atoms with Gasteiger partial charge in [-0.25, -0.2) is 0 Å². The second kappa shape index (κ2) is 8.24. The lowest BCUT2D eigenvalue weighted by atomic mass is 9.96. The first-order valence-electron chi connectivity index (χ1n) is 10.0. The molecule has 2 saturated heterocycles. The second-order valence-corrected chi connectivity index (χ2v) is 7.87. The van der Waals surface area contributed by atoms with Gasteiger partial charge in [-0.2, -0.15) is 0 Å². The first kappa shape index (κ1) is 18.2. The molecular formula is C23H28N2O2. The zero-order valence-corrected chi connectivity index (χ0v) is 15.8. The SMILES string of the molecule is O=C(c1cccc(-c2ccccc2)c1)N1C[C@@H](CN2CCCC2)[C@@H](CO)C1. The van der Waals surface area contributed by atoms with Gasteiger partial charge in [0.15, 0.2) is 0 Å². The third kappa shape index (κ3) is 4.07. The monoisotopic (exact) mass is 364 g/mol. The number of hydrogen-bond donors (Lipinski definition) is 1. The summed E-state index contributed by atoms with van der Waals surface area (Å²) in [5.41, 5.74) is 2.91. The Morgan fingerprint density at radius 1 is 0.926 bits per heavy atom. The molecule has 2 fully saturated rings. The molecule has 0 unspecified atom stereocenters. The summed E-state index contributed by atoms with van der Waals surface area (Å²) in [6, 6.07) is 18.0. The van der Waals surface area contributed by atoms with Gasteiger partial charge in [0.2, 0.25) is 0 Å². The van der Waals surface area contributed by atoms with E-state index in [-0.39, 0.29) is 18.4 Å². The quantitative estimate of drug-likeness (QED) is 0.886. The fourth-order valence-corrected chi connectivity index (χ4v) is 4.46. The third-order valence-electron chi connectivity index (χ3n) is 6.01. The van der Waals surface area contributed by atoms with Crippen LogP contribution in [0.1, 0.15) is 23.2 Å². The van der Waals surface area contributed by atoms with Crippen molar-refractivity contribution in [2.24, 2.45) is 11.8 Å². The average molecular weight is 364 g/mol. The molecule has 2 atom stereocenters. The van der Waals surface area contributed by atoms with E-state index in [1.807, 2.05) is 47.4 Å². The Morgan fingerprint density at radius 2 is 1.63 bits per heavy atom. The summed E-state index contributed by atoms with van der Waals surface area (Å²) in [5.74, 6) is 0.636. The second-order valence-electron chi connectivity index (χ2n) is 7.87. The smallest absolute Gasteiger partial charge is 0.253 e. The number of nitrogens with zero attached hydrogens (tertiary/aromatic N) is 2. The molecule has 2 aromatic carbocycles. The number of hydrogen-bond acceptors (Lipinski definition) is 3. The van der Waals surface area contributed by atoms with Crippen molar-refractivity contribution in [1.29, 1.82) is 0 Å². The van der Waals surface area contributed by atoms with Gasteiger partial charge in [0, 0.05) is 37.7 Å². The van der Waals surface area contributed by atoms with Gasteiger partial charge < -0.3 is 14.9 Å². The van der Waals surface area contributed by atoms with E-state index in [0.717, 1.165) is 42.9 Å². The zero-order valence-electron chi connectivity index (χ0n) is 15.8. The number of amides is 1. The summed E-state index contributed by atoms with van der Waals surface area (Å²) in [5, 5.41) is 9.82. The molecule has 0 spiro atoms. The van der Waals surface area contributed by atoms with Gasteiger partial charge in [-0.05, 0) is 55.1 Å². The Balaban J connectivity index is 1.48. The molecular weight excluding hydrogens is 336 g/mol. The number of aliphatic hydroxyl groups excluding tert-OH is 1. The summed E-state index contributed by atoms with van der Waals surface area (Å²) >= 11 is 0. The molecule has 0 aromatic heterocycles. The summed E-state index contributed by atoms with van der Waals surface area (Å²) in [7, 11) is 0. The van der Waals surface area contributed by atoms with E-state index in [9.17, 15) is 9.90 Å². The lowest BCUT2D eigenvalue weighted by molar-refractivity contribution is 0.0779. The van der Waals surface area contributed by atoms with E-state index >= 15 is 0 Å². The molecule has 4 heteroatoms. The summed E-state index contributed by atoms with van der Waals surface area (Å²) in [6.45, 7) is 4.87. The van der Waals surface area contributed by atoms with Gasteiger partial charge in [0.25, 0.3) is 5.91 Å². The highest BCUT2D eigenvalue weighted by molar-refractivity contribution is 5.95. The fourth-order valence-electron chi connectivity index (χ4n) is 4.46. The van der Waals surface area contributed by atoms with Crippen LogP contribution in [0.2, 0.25) is 0 Å². The molecule has 2 aromatic rings. The number of carbonyl (C=O) groups is 1. The molecule has 0 aliphatic carbocycles. The van der Waals surface area contributed by atoms with Crippen molar-refractivity contribution in [3.8, 4) is 11.1 Å². The maximum Gasteiger partial charge on any atom is 0.253 e. The minimum absolute atomic E-state index is 0.0788. The normalized spacial score (nSPS) is 23.1. The van der Waals surface area contributed by atoms with Gasteiger partial charge >= 0.3 is 0 Å². The maximum absolute atomic E-state index is 13.1. The first-order chi connectivity index (χ1) is 13.2. The highest BCUT2D eigenvalue weighted by Gasteiger charge is 2.36. The van der Waals surface area contributed by atoms with E-state index in [1.54, 1.807) is 0 Å². The van der Waals surface area contributed by atoms with Crippen molar-refractivity contribution in [2.45, 2.75) is 12.8 Å². The highest BCUT2D eigenvalue weighted by Crippen LogP contribution is 2.28. The Bertz CT molecular complexity index is 771. The molecule has 2 aliphatic rings. The summed E-state index contributed by atoms with van der Waals surface area (Å²) in [4.78, 5) is 17.5. The van der Waals surface area contributed by atoms with Gasteiger partial charge in [-0.3, -0.25) is 4.79 Å². The molecule has 2 heterocycles. The minimum Gasteiger partial charge on any atom is -0.396 e. The Morgan fingerprint density at radius 3 is 2.37 bits per heavy atom. The Hall–Kier alpha value is -2.17. The number of carbonyl (C=O) groups excluding carboxylic acids is 1. The van der Waals surface area contributed by atoms with Crippen LogP contribution in [0.15, 0.2) is 54.6 Å². The van der Waals surface area contributed by atoms with Crippen molar-refractivity contribution in [3.63, 3.8) is 0 Å². The van der Waals surface area contributed by atoms with E-state index in [2.05, 4.69) is 17.0 Å². The Labute approximate surface area is 161 Å². The standard InChI is InChI=1S/C23H28N2O2/c26-17-22-16-25(15-21(22)14-24-11-4-5-12-24)23(27)20-10-6-9-19(13-20)18-7-2-1-3-8-18/h1-3,6-10,13,21-22,26H,4-5,11-12,14-17H2/t21-,22-/m1/s1. The molecule has 1 N–H and O–H groups in total. The van der Waals surface area contributed by atoms with Crippen LogP contribution < -0.4 is 0 Å². The highest BCUT2D eigenvalue weighted by atomic mass is 16.3. The number of likely N-dealkylation sites (tertiary alicyclic amines) is 2. The molecule has 27 heavy (non-hydrogen) atoms. The van der Waals surface area contributed by atoms with Crippen molar-refractivity contribution in [1.82, 2.24) is 9.80 Å². The van der Waals surface area contributed by atoms with Crippen LogP contribution in [0.5, 0.6) is 0 Å². The fraction of sp³-hybridized carbons (Fsp3) is 0.435. The van der Waals surface area contributed by atoms with Crippen molar-refractivity contribution >= 4 is 5.91 Å². The first-order valence-corrected chi connectivity index (χ1v) is 10.0. The third-order valence-corrected chi connectivity index (χ3v) is 6.01. The molecule has 2 aliphatic heterocycles. The van der Waals surface area contributed by atoms with Crippen LogP contribution in [0.25, 0.3) is 11.1 Å². The van der Waals surface area contributed by atoms with E-state index in [0.29, 0.717) is 12.5 Å². The zero-order chi connectivity index (χ0) is 18.6. The van der Waals surface area contributed by atoms with E-state index in [4.69, 9.17) is 0 Å². The van der Waals surface area contributed by atoms with E-state index < -0.39 is 0 Å². The molecule has 142 valence electrons. The Kier molecular flexibility index (Phi) is 5.55. The lowest BCUT2D eigenvalue weighted by Crippen LogP contribution is -2.32. The number of benzene rings is 2. The predicted octanol–water partition coefficient (Wildman–Crippen LogP) is 3.13. The van der Waals surface area contributed by atoms with Crippen LogP contribution in [0.4, 0.5) is 0 Å². The molecule has 4 rings (SSSR count). The topological polar surface area (TPSA) is 43.8 Å². The van der Waals surface area contributed by atoms with Crippen LogP contribution >= 0.6 is 0 Å². The van der Waals surface area contributed by atoms with Crippen LogP contribution in [-0.4, -0.2) is 60.1 Å². The predicted molar refractivity (Wildman–Crippen MR) is 108 cm³/mol. The van der Waals surface area contributed by atoms with Crippen LogP contribution in [0, 0.1) is 11.8 Å². The van der Waals surface area contributed by atoms with Gasteiger partial charge in [0.05, 0.1) is 0 Å². The molecule has 0 saturated carbocycles. The lowest BCUT2D eigenvalue weighted by Gasteiger charge is -2.23. The molecule has 4 nitrogen and oxygen atoms in total. The summed E-state index contributed by atoms with van der Waals surface area (Å²) < 4.78 is 0. The molecule has 1 amide bonds. The van der Waals surface area contributed by atoms with Crippen molar-refractivity contribution in [3.05, 3.63) is 60.2 Å². The number of rotatable bonds is 5.